The summed E-state index contributed by atoms with van der Waals surface area (Å²) in [6, 6.07) is 1.91. The minimum atomic E-state index is 1.02. The standard InChI is InChI=1S/C11H13N/c1-9(2)4-5-11-8-12-7-6-10(11)3/h4-8H,3H2,1-2H3/b11-5-. The molecule has 1 heterocycles. The molecule has 1 aromatic heterocycles. The second-order valence-corrected chi connectivity index (χ2v) is 2.99. The van der Waals surface area contributed by atoms with Crippen LogP contribution in [0.2, 0.25) is 0 Å². The first-order valence-corrected chi connectivity index (χ1v) is 3.94. The van der Waals surface area contributed by atoms with Crippen LogP contribution < -0.4 is 10.4 Å². The van der Waals surface area contributed by atoms with Crippen molar-refractivity contribution in [3.05, 3.63) is 40.5 Å². The Kier molecular flexibility index (Phi) is 2.81. The van der Waals surface area contributed by atoms with Gasteiger partial charge in [-0.2, -0.15) is 0 Å². The van der Waals surface area contributed by atoms with E-state index in [0.717, 1.165) is 10.4 Å². The van der Waals surface area contributed by atoms with Crippen molar-refractivity contribution in [3.63, 3.8) is 0 Å². The molecule has 0 amide bonds. The summed E-state index contributed by atoms with van der Waals surface area (Å²) in [4.78, 5) is 4.02. The van der Waals surface area contributed by atoms with Gasteiger partial charge in [0.2, 0.25) is 0 Å². The lowest BCUT2D eigenvalue weighted by Gasteiger charge is -1.86. The Morgan fingerprint density at radius 3 is 2.83 bits per heavy atom. The monoisotopic (exact) mass is 159 g/mol. The van der Waals surface area contributed by atoms with E-state index in [1.54, 1.807) is 6.20 Å². The van der Waals surface area contributed by atoms with Crippen LogP contribution in [0.25, 0.3) is 12.7 Å². The van der Waals surface area contributed by atoms with Crippen LogP contribution in [0.5, 0.6) is 0 Å². The summed E-state index contributed by atoms with van der Waals surface area (Å²) in [6.45, 7) is 8.03. The average molecular weight is 159 g/mol. The Hall–Kier alpha value is -1.37. The third kappa shape index (κ3) is 2.35. The molecule has 1 heteroatoms. The smallest absolute Gasteiger partial charge is 0.0346 e. The second-order valence-electron chi connectivity index (χ2n) is 2.99. The van der Waals surface area contributed by atoms with Gasteiger partial charge in [0.05, 0.1) is 0 Å². The van der Waals surface area contributed by atoms with Crippen molar-refractivity contribution >= 4 is 12.7 Å². The molecule has 0 N–H and O–H groups in total. The average Bonchev–Trinajstić information content (AvgIpc) is 2.03. The molecular formula is C11H13N. The zero-order valence-corrected chi connectivity index (χ0v) is 7.54. The molecular weight excluding hydrogens is 146 g/mol. The van der Waals surface area contributed by atoms with Crippen LogP contribution in [0.1, 0.15) is 13.8 Å². The van der Waals surface area contributed by atoms with Crippen LogP contribution in [0.3, 0.4) is 0 Å². The predicted molar refractivity (Wildman–Crippen MR) is 52.9 cm³/mol. The Bertz CT molecular complexity index is 384. The third-order valence-electron chi connectivity index (χ3n) is 1.54. The number of allylic oxidation sites excluding steroid dienone is 2. The number of hydrogen-bond donors (Lipinski definition) is 0. The van der Waals surface area contributed by atoms with Gasteiger partial charge in [-0.1, -0.05) is 24.3 Å². The summed E-state index contributed by atoms with van der Waals surface area (Å²) >= 11 is 0. The first-order chi connectivity index (χ1) is 5.70. The van der Waals surface area contributed by atoms with E-state index in [2.05, 4.69) is 31.5 Å². The van der Waals surface area contributed by atoms with Crippen molar-refractivity contribution < 1.29 is 0 Å². The molecule has 0 saturated carbocycles. The van der Waals surface area contributed by atoms with Crippen molar-refractivity contribution in [3.8, 4) is 0 Å². The van der Waals surface area contributed by atoms with Crippen LogP contribution in [-0.2, 0) is 0 Å². The Labute approximate surface area is 72.8 Å². The SMILES string of the molecule is C=c1ccnc/c1=C/C=C(C)C. The Morgan fingerprint density at radius 1 is 1.50 bits per heavy atom. The topological polar surface area (TPSA) is 12.9 Å². The van der Waals surface area contributed by atoms with Gasteiger partial charge in [-0.05, 0) is 30.4 Å². The maximum Gasteiger partial charge on any atom is 0.0346 e. The minimum absolute atomic E-state index is 1.02. The van der Waals surface area contributed by atoms with Gasteiger partial charge in [0.15, 0.2) is 0 Å². The van der Waals surface area contributed by atoms with Crippen LogP contribution in [0.15, 0.2) is 30.1 Å². The van der Waals surface area contributed by atoms with Gasteiger partial charge in [-0.25, -0.2) is 0 Å². The molecule has 1 aromatic rings. The van der Waals surface area contributed by atoms with Gasteiger partial charge in [0.25, 0.3) is 0 Å². The highest BCUT2D eigenvalue weighted by atomic mass is 14.6. The highest BCUT2D eigenvalue weighted by Crippen LogP contribution is 1.86. The van der Waals surface area contributed by atoms with E-state index in [0.29, 0.717) is 0 Å². The van der Waals surface area contributed by atoms with Gasteiger partial charge in [0, 0.05) is 12.4 Å². The summed E-state index contributed by atoms with van der Waals surface area (Å²) in [5.41, 5.74) is 1.28. The maximum atomic E-state index is 4.02. The van der Waals surface area contributed by atoms with E-state index in [1.807, 2.05) is 18.3 Å². The van der Waals surface area contributed by atoms with Crippen molar-refractivity contribution in [1.29, 1.82) is 0 Å². The van der Waals surface area contributed by atoms with Gasteiger partial charge in [0.1, 0.15) is 0 Å². The molecule has 0 unspecified atom stereocenters. The molecule has 0 saturated heterocycles. The molecule has 0 bridgehead atoms. The zero-order chi connectivity index (χ0) is 8.97. The van der Waals surface area contributed by atoms with E-state index in [1.165, 1.54) is 5.57 Å². The number of pyridine rings is 1. The molecule has 0 aliphatic rings. The summed E-state index contributed by atoms with van der Waals surface area (Å²) in [5.74, 6) is 0. The fourth-order valence-electron chi connectivity index (χ4n) is 0.842. The van der Waals surface area contributed by atoms with E-state index >= 15 is 0 Å². The van der Waals surface area contributed by atoms with Crippen LogP contribution >= 0.6 is 0 Å². The van der Waals surface area contributed by atoms with E-state index in [9.17, 15) is 0 Å². The molecule has 0 atom stereocenters. The van der Waals surface area contributed by atoms with E-state index in [-0.39, 0.29) is 0 Å². The molecule has 0 fully saturated rings. The van der Waals surface area contributed by atoms with Crippen LogP contribution in [0, 0.1) is 0 Å². The molecule has 0 aliphatic carbocycles. The van der Waals surface area contributed by atoms with Crippen LogP contribution in [0.4, 0.5) is 0 Å². The largest absolute Gasteiger partial charge is 0.264 e. The predicted octanol–water partition coefficient (Wildman–Crippen LogP) is 1.24. The molecule has 0 radical (unpaired) electrons. The molecule has 0 aliphatic heterocycles. The number of rotatable bonds is 1. The lowest BCUT2D eigenvalue weighted by atomic mass is 10.2. The molecule has 0 spiro atoms. The molecule has 1 rings (SSSR count). The lowest BCUT2D eigenvalue weighted by Crippen LogP contribution is -2.22. The lowest BCUT2D eigenvalue weighted by molar-refractivity contribution is 1.28. The summed E-state index contributed by atoms with van der Waals surface area (Å²) in [5, 5.41) is 2.10. The minimum Gasteiger partial charge on any atom is -0.264 e. The zero-order valence-electron chi connectivity index (χ0n) is 7.54. The first-order valence-electron chi connectivity index (χ1n) is 3.94. The van der Waals surface area contributed by atoms with Gasteiger partial charge in [-0.15, -0.1) is 0 Å². The number of nitrogens with zero attached hydrogens (tertiary/aromatic N) is 1. The van der Waals surface area contributed by atoms with Crippen molar-refractivity contribution in [2.75, 3.05) is 0 Å². The number of aromatic nitrogens is 1. The van der Waals surface area contributed by atoms with E-state index in [4.69, 9.17) is 0 Å². The first kappa shape index (κ1) is 8.72. The third-order valence-corrected chi connectivity index (χ3v) is 1.54. The highest BCUT2D eigenvalue weighted by molar-refractivity contribution is 5.38. The molecule has 62 valence electrons. The molecule has 0 aromatic carbocycles. The summed E-state index contributed by atoms with van der Waals surface area (Å²) in [6.07, 6.45) is 7.67. The van der Waals surface area contributed by atoms with Crippen molar-refractivity contribution in [2.45, 2.75) is 13.8 Å². The normalized spacial score (nSPS) is 11.3. The summed E-state index contributed by atoms with van der Waals surface area (Å²) < 4.78 is 0. The summed E-state index contributed by atoms with van der Waals surface area (Å²) in [7, 11) is 0. The second kappa shape index (κ2) is 3.86. The van der Waals surface area contributed by atoms with Crippen LogP contribution in [-0.4, -0.2) is 4.98 Å². The number of hydrogen-bond acceptors (Lipinski definition) is 1. The fourth-order valence-corrected chi connectivity index (χ4v) is 0.842. The molecule has 12 heavy (non-hydrogen) atoms. The highest BCUT2D eigenvalue weighted by Gasteiger charge is 1.79. The van der Waals surface area contributed by atoms with Gasteiger partial charge in [-0.3, -0.25) is 4.98 Å². The fraction of sp³-hybridized carbons (Fsp3) is 0.182. The van der Waals surface area contributed by atoms with Gasteiger partial charge < -0.3 is 0 Å². The Balaban J connectivity index is 3.20. The maximum absolute atomic E-state index is 4.02. The van der Waals surface area contributed by atoms with Crippen molar-refractivity contribution in [1.82, 2.24) is 4.98 Å². The molecule has 1 nitrogen and oxygen atoms in total. The van der Waals surface area contributed by atoms with Gasteiger partial charge >= 0.3 is 0 Å². The van der Waals surface area contributed by atoms with E-state index < -0.39 is 0 Å². The van der Waals surface area contributed by atoms with Crippen molar-refractivity contribution in [2.24, 2.45) is 0 Å². The quantitative estimate of drug-likeness (QED) is 0.600. The Morgan fingerprint density at radius 2 is 2.25 bits per heavy atom.